The molecule has 0 spiro atoms. The smallest absolute Gasteiger partial charge is 0.204 e. The Morgan fingerprint density at radius 2 is 1.82 bits per heavy atom. The number of rotatable bonds is 6. The van der Waals surface area contributed by atoms with Crippen LogP contribution in [0.25, 0.3) is 0 Å². The highest BCUT2D eigenvalue weighted by molar-refractivity contribution is 5.42. The monoisotopic (exact) mass is 390 g/mol. The molecule has 1 fully saturated rings. The van der Waals surface area contributed by atoms with E-state index in [4.69, 9.17) is 9.47 Å². The highest BCUT2D eigenvalue weighted by Crippen LogP contribution is 2.40. The SMILES string of the molecule is C/C=C/C1CCC(C2CC=C(COc3c(C)cc(OC)c(F)c3F)CC2)CC1. The van der Waals surface area contributed by atoms with Gasteiger partial charge in [-0.05, 0) is 93.7 Å². The van der Waals surface area contributed by atoms with E-state index in [1.54, 1.807) is 6.92 Å². The first-order chi connectivity index (χ1) is 13.5. The molecule has 2 aliphatic rings. The summed E-state index contributed by atoms with van der Waals surface area (Å²) in [5, 5.41) is 0. The van der Waals surface area contributed by atoms with E-state index in [1.165, 1.54) is 50.9 Å². The fourth-order valence-electron chi connectivity index (χ4n) is 4.75. The van der Waals surface area contributed by atoms with Gasteiger partial charge < -0.3 is 9.47 Å². The van der Waals surface area contributed by atoms with Gasteiger partial charge in [-0.15, -0.1) is 0 Å². The number of hydrogen-bond acceptors (Lipinski definition) is 2. The van der Waals surface area contributed by atoms with E-state index in [9.17, 15) is 8.78 Å². The summed E-state index contributed by atoms with van der Waals surface area (Å²) in [5.74, 6) is 0.295. The van der Waals surface area contributed by atoms with Crippen molar-refractivity contribution in [2.75, 3.05) is 13.7 Å². The fourth-order valence-corrected chi connectivity index (χ4v) is 4.75. The molecule has 0 N–H and O–H groups in total. The van der Waals surface area contributed by atoms with Gasteiger partial charge in [-0.25, -0.2) is 0 Å². The first-order valence-corrected chi connectivity index (χ1v) is 10.5. The van der Waals surface area contributed by atoms with Gasteiger partial charge in [-0.2, -0.15) is 8.78 Å². The summed E-state index contributed by atoms with van der Waals surface area (Å²) < 4.78 is 38.7. The Balaban J connectivity index is 1.53. The van der Waals surface area contributed by atoms with Gasteiger partial charge in [0.25, 0.3) is 0 Å². The maximum Gasteiger partial charge on any atom is 0.204 e. The molecule has 1 aromatic rings. The normalized spacial score (nSPS) is 25.6. The van der Waals surface area contributed by atoms with Crippen LogP contribution in [-0.2, 0) is 0 Å². The number of hydrogen-bond donors (Lipinski definition) is 0. The fraction of sp³-hybridized carbons (Fsp3) is 0.583. The molecule has 2 nitrogen and oxygen atoms in total. The molecule has 1 unspecified atom stereocenters. The Morgan fingerprint density at radius 1 is 1.07 bits per heavy atom. The Kier molecular flexibility index (Phi) is 7.14. The number of benzene rings is 1. The minimum absolute atomic E-state index is 0.0105. The van der Waals surface area contributed by atoms with Crippen molar-refractivity contribution in [3.63, 3.8) is 0 Å². The zero-order valence-electron chi connectivity index (χ0n) is 17.3. The van der Waals surface area contributed by atoms with Crippen LogP contribution in [-0.4, -0.2) is 13.7 Å². The van der Waals surface area contributed by atoms with Gasteiger partial charge in [0.2, 0.25) is 11.6 Å². The average Bonchev–Trinajstić information content (AvgIpc) is 2.72. The van der Waals surface area contributed by atoms with E-state index >= 15 is 0 Å². The van der Waals surface area contributed by atoms with Gasteiger partial charge in [-0.1, -0.05) is 18.2 Å². The van der Waals surface area contributed by atoms with Crippen LogP contribution < -0.4 is 9.47 Å². The van der Waals surface area contributed by atoms with Crippen molar-refractivity contribution in [2.24, 2.45) is 17.8 Å². The number of methoxy groups -OCH3 is 1. The van der Waals surface area contributed by atoms with Crippen LogP contribution >= 0.6 is 0 Å². The Morgan fingerprint density at radius 3 is 2.43 bits per heavy atom. The van der Waals surface area contributed by atoms with Gasteiger partial charge in [-0.3, -0.25) is 0 Å². The summed E-state index contributed by atoms with van der Waals surface area (Å²) >= 11 is 0. The predicted molar refractivity (Wildman–Crippen MR) is 109 cm³/mol. The summed E-state index contributed by atoms with van der Waals surface area (Å²) in [5.41, 5.74) is 1.73. The molecular weight excluding hydrogens is 358 g/mol. The number of aryl methyl sites for hydroxylation is 1. The van der Waals surface area contributed by atoms with E-state index in [0.29, 0.717) is 12.2 Å². The van der Waals surface area contributed by atoms with E-state index in [0.717, 1.165) is 30.6 Å². The van der Waals surface area contributed by atoms with Crippen molar-refractivity contribution >= 4 is 0 Å². The van der Waals surface area contributed by atoms with E-state index in [2.05, 4.69) is 25.2 Å². The Labute approximate surface area is 167 Å². The minimum Gasteiger partial charge on any atom is -0.494 e. The summed E-state index contributed by atoms with van der Waals surface area (Å²) in [6.07, 6.45) is 15.3. The lowest BCUT2D eigenvalue weighted by Gasteiger charge is -2.34. The lowest BCUT2D eigenvalue weighted by atomic mass is 9.71. The van der Waals surface area contributed by atoms with Crippen molar-refractivity contribution in [3.8, 4) is 11.5 Å². The van der Waals surface area contributed by atoms with Gasteiger partial charge in [0, 0.05) is 0 Å². The third-order valence-electron chi connectivity index (χ3n) is 6.43. The van der Waals surface area contributed by atoms with Gasteiger partial charge in [0.05, 0.1) is 7.11 Å². The molecule has 4 heteroatoms. The van der Waals surface area contributed by atoms with E-state index < -0.39 is 11.6 Å². The van der Waals surface area contributed by atoms with Crippen LogP contribution in [0.4, 0.5) is 8.78 Å². The third kappa shape index (κ3) is 4.76. The van der Waals surface area contributed by atoms with Crippen molar-refractivity contribution in [1.82, 2.24) is 0 Å². The predicted octanol–water partition coefficient (Wildman–Crippen LogP) is 6.77. The molecule has 154 valence electrons. The Bertz CT molecular complexity index is 731. The number of allylic oxidation sites excluding steroid dienone is 3. The summed E-state index contributed by atoms with van der Waals surface area (Å²) in [6, 6.07) is 1.48. The van der Waals surface area contributed by atoms with E-state index in [1.807, 2.05) is 0 Å². The lowest BCUT2D eigenvalue weighted by Crippen LogP contribution is -2.23. The summed E-state index contributed by atoms with van der Waals surface area (Å²) in [6.45, 7) is 4.13. The van der Waals surface area contributed by atoms with Crippen molar-refractivity contribution in [1.29, 1.82) is 0 Å². The molecule has 2 aliphatic carbocycles. The topological polar surface area (TPSA) is 18.5 Å². The molecule has 0 amide bonds. The van der Waals surface area contributed by atoms with Crippen LogP contribution in [0, 0.1) is 36.3 Å². The highest BCUT2D eigenvalue weighted by Gasteiger charge is 2.28. The molecule has 3 rings (SSSR count). The van der Waals surface area contributed by atoms with Crippen molar-refractivity contribution in [2.45, 2.75) is 58.8 Å². The van der Waals surface area contributed by atoms with Crippen LogP contribution in [0.15, 0.2) is 29.9 Å². The second kappa shape index (κ2) is 9.58. The maximum absolute atomic E-state index is 14.3. The van der Waals surface area contributed by atoms with Crippen molar-refractivity contribution < 1.29 is 18.3 Å². The minimum atomic E-state index is -0.991. The molecule has 0 saturated heterocycles. The van der Waals surface area contributed by atoms with Gasteiger partial charge in [0.15, 0.2) is 11.5 Å². The molecule has 0 aromatic heterocycles. The zero-order chi connectivity index (χ0) is 20.1. The summed E-state index contributed by atoms with van der Waals surface area (Å²) in [4.78, 5) is 0. The zero-order valence-corrected chi connectivity index (χ0v) is 17.3. The molecule has 0 bridgehead atoms. The maximum atomic E-state index is 14.3. The molecule has 0 heterocycles. The van der Waals surface area contributed by atoms with Crippen molar-refractivity contribution in [3.05, 3.63) is 47.1 Å². The molecule has 0 radical (unpaired) electrons. The van der Waals surface area contributed by atoms with Crippen LogP contribution in [0.1, 0.15) is 57.4 Å². The molecule has 0 aliphatic heterocycles. The van der Waals surface area contributed by atoms with Crippen LogP contribution in [0.5, 0.6) is 11.5 Å². The van der Waals surface area contributed by atoms with Gasteiger partial charge in [0.1, 0.15) is 6.61 Å². The molecular formula is C24H32F2O2. The van der Waals surface area contributed by atoms with Gasteiger partial charge >= 0.3 is 0 Å². The first kappa shape index (κ1) is 20.9. The molecule has 1 atom stereocenters. The highest BCUT2D eigenvalue weighted by atomic mass is 19.2. The summed E-state index contributed by atoms with van der Waals surface area (Å²) in [7, 11) is 1.33. The third-order valence-corrected chi connectivity index (χ3v) is 6.43. The molecule has 1 saturated carbocycles. The average molecular weight is 391 g/mol. The second-order valence-corrected chi connectivity index (χ2v) is 8.24. The Hall–Kier alpha value is -1.84. The lowest BCUT2D eigenvalue weighted by molar-refractivity contribution is 0.206. The quantitative estimate of drug-likeness (QED) is 0.499. The van der Waals surface area contributed by atoms with Crippen LogP contribution in [0.2, 0.25) is 0 Å². The first-order valence-electron chi connectivity index (χ1n) is 10.5. The van der Waals surface area contributed by atoms with Crippen LogP contribution in [0.3, 0.4) is 0 Å². The second-order valence-electron chi connectivity index (χ2n) is 8.24. The largest absolute Gasteiger partial charge is 0.494 e. The molecule has 1 aromatic carbocycles. The standard InChI is InChI=1S/C24H32F2O2/c1-4-5-17-6-10-19(11-7-17)20-12-8-18(9-13-20)15-28-24-16(2)14-21(27-3)22(25)23(24)26/h4-5,8,14,17,19-20H,6-7,9-13,15H2,1-3H3/b5-4+. The number of ether oxygens (including phenoxy) is 2. The molecule has 28 heavy (non-hydrogen) atoms. The number of halogens is 2. The van der Waals surface area contributed by atoms with E-state index in [-0.39, 0.29) is 11.5 Å².